The molecule has 0 aliphatic rings. The minimum Gasteiger partial charge on any atom is -0.479 e. The zero-order chi connectivity index (χ0) is 16.8. The lowest BCUT2D eigenvalue weighted by molar-refractivity contribution is 0.370. The molecule has 2 rings (SSSR count). The molecule has 1 heterocycles. The molecule has 23 heavy (non-hydrogen) atoms. The first-order valence-electron chi connectivity index (χ1n) is 6.73. The Morgan fingerprint density at radius 1 is 1.17 bits per heavy atom. The maximum atomic E-state index is 11.8. The summed E-state index contributed by atoms with van der Waals surface area (Å²) in [7, 11) is 3.07. The van der Waals surface area contributed by atoms with Crippen LogP contribution in [0.4, 0.5) is 0 Å². The van der Waals surface area contributed by atoms with E-state index in [4.69, 9.17) is 16.3 Å². The number of benzene rings is 1. The Hall–Kier alpha value is -2.10. The van der Waals surface area contributed by atoms with E-state index in [1.54, 1.807) is 19.2 Å². The van der Waals surface area contributed by atoms with E-state index in [9.17, 15) is 9.59 Å². The van der Waals surface area contributed by atoms with Gasteiger partial charge in [-0.1, -0.05) is 47.3 Å². The summed E-state index contributed by atoms with van der Waals surface area (Å²) in [5.41, 5.74) is -0.680. The molecule has 0 aliphatic carbocycles. The molecule has 0 N–H and O–H groups in total. The third-order valence-corrected chi connectivity index (χ3v) is 4.32. The van der Waals surface area contributed by atoms with Gasteiger partial charge in [0.05, 0.1) is 15.8 Å². The minimum atomic E-state index is -0.352. The average Bonchev–Trinajstić information content (AvgIpc) is 2.54. The van der Waals surface area contributed by atoms with Crippen molar-refractivity contribution in [1.29, 1.82) is 0 Å². The number of thioether (sulfide) groups is 1. The molecule has 0 unspecified atom stereocenters. The first kappa shape index (κ1) is 17.3. The summed E-state index contributed by atoms with van der Waals surface area (Å²) in [6, 6.07) is 8.60. The number of ether oxygens (including phenoxy) is 1. The highest BCUT2D eigenvalue weighted by molar-refractivity contribution is 7.99. The quantitative estimate of drug-likeness (QED) is 0.480. The summed E-state index contributed by atoms with van der Waals surface area (Å²) < 4.78 is 7.93. The van der Waals surface area contributed by atoms with Gasteiger partial charge in [0, 0.05) is 20.2 Å². The zero-order valence-electron chi connectivity index (χ0n) is 12.7. The second kappa shape index (κ2) is 7.95. The first-order chi connectivity index (χ1) is 11.0. The highest BCUT2D eigenvalue weighted by Crippen LogP contribution is 2.22. The van der Waals surface area contributed by atoms with Gasteiger partial charge >= 0.3 is 5.69 Å². The monoisotopic (exact) mass is 350 g/mol. The largest absolute Gasteiger partial charge is 0.479 e. The van der Waals surface area contributed by atoms with Crippen LogP contribution in [0.3, 0.4) is 0 Å². The Morgan fingerprint density at radius 2 is 1.91 bits per heavy atom. The lowest BCUT2D eigenvalue weighted by atomic mass is 10.3. The van der Waals surface area contributed by atoms with Gasteiger partial charge in [-0.2, -0.15) is 0 Å². The molecule has 0 saturated heterocycles. The van der Waals surface area contributed by atoms with E-state index in [1.807, 2.05) is 12.1 Å². The lowest BCUT2D eigenvalue weighted by Gasteiger charge is -2.06. The van der Waals surface area contributed by atoms with E-state index in [-0.39, 0.29) is 17.9 Å². The van der Waals surface area contributed by atoms with E-state index in [1.165, 1.54) is 29.4 Å². The highest BCUT2D eigenvalue weighted by Gasteiger charge is 2.05. The number of nitrogens with zero attached hydrogens (tertiary/aromatic N) is 2. The number of halogens is 1. The molecule has 0 spiro atoms. The van der Waals surface area contributed by atoms with Gasteiger partial charge in [0.1, 0.15) is 12.4 Å². The summed E-state index contributed by atoms with van der Waals surface area (Å²) in [4.78, 5) is 23.4. The van der Waals surface area contributed by atoms with Crippen LogP contribution in [-0.2, 0) is 14.1 Å². The fourth-order valence-electron chi connectivity index (χ4n) is 1.74. The second-order valence-electron chi connectivity index (χ2n) is 4.58. The lowest BCUT2D eigenvalue weighted by Crippen LogP contribution is -2.36. The summed E-state index contributed by atoms with van der Waals surface area (Å²) in [6.45, 7) is 0.222. The van der Waals surface area contributed by atoms with Crippen LogP contribution in [-0.4, -0.2) is 21.5 Å². The Labute approximate surface area is 142 Å². The zero-order valence-corrected chi connectivity index (χ0v) is 14.3. The van der Waals surface area contributed by atoms with E-state index in [0.29, 0.717) is 21.6 Å². The average molecular weight is 351 g/mol. The van der Waals surface area contributed by atoms with Crippen molar-refractivity contribution >= 4 is 23.4 Å². The van der Waals surface area contributed by atoms with Crippen LogP contribution in [0.5, 0.6) is 5.75 Å². The fraction of sp³-hybridized carbons (Fsp3) is 0.250. The fourth-order valence-corrected chi connectivity index (χ4v) is 2.71. The molecular weight excluding hydrogens is 336 g/mol. The number of para-hydroxylation sites is 1. The number of hydrogen-bond donors (Lipinski definition) is 0. The van der Waals surface area contributed by atoms with Crippen molar-refractivity contribution in [2.24, 2.45) is 14.1 Å². The summed E-state index contributed by atoms with van der Waals surface area (Å²) in [5.74, 6) is 6.83. The normalized spacial score (nSPS) is 10.0. The summed E-state index contributed by atoms with van der Waals surface area (Å²) in [5, 5.41) is 1.12. The molecule has 1 aromatic carbocycles. The molecule has 0 fully saturated rings. The van der Waals surface area contributed by atoms with Crippen molar-refractivity contribution in [3.05, 3.63) is 56.2 Å². The molecular formula is C16H15ClN2O3S. The predicted molar refractivity (Wildman–Crippen MR) is 92.4 cm³/mol. The van der Waals surface area contributed by atoms with E-state index < -0.39 is 0 Å². The molecule has 1 aromatic heterocycles. The van der Waals surface area contributed by atoms with Gasteiger partial charge in [0.25, 0.3) is 5.56 Å². The van der Waals surface area contributed by atoms with Crippen LogP contribution < -0.4 is 16.0 Å². The van der Waals surface area contributed by atoms with Gasteiger partial charge in [-0.25, -0.2) is 4.79 Å². The van der Waals surface area contributed by atoms with Crippen LogP contribution >= 0.6 is 23.4 Å². The Balaban J connectivity index is 1.91. The first-order valence-corrected chi connectivity index (χ1v) is 8.10. The maximum Gasteiger partial charge on any atom is 0.331 e. The van der Waals surface area contributed by atoms with E-state index in [2.05, 4.69) is 11.8 Å². The summed E-state index contributed by atoms with van der Waals surface area (Å²) in [6.07, 6.45) is 0. The van der Waals surface area contributed by atoms with Crippen LogP contribution in [0.15, 0.2) is 44.9 Å². The Kier molecular flexibility index (Phi) is 5.97. The van der Waals surface area contributed by atoms with E-state index in [0.717, 1.165) is 4.57 Å². The molecule has 0 amide bonds. The molecule has 0 bridgehead atoms. The van der Waals surface area contributed by atoms with Crippen LogP contribution in [0.25, 0.3) is 0 Å². The van der Waals surface area contributed by atoms with Crippen molar-refractivity contribution in [2.45, 2.75) is 5.03 Å². The van der Waals surface area contributed by atoms with Gasteiger partial charge in [0.2, 0.25) is 0 Å². The Morgan fingerprint density at radius 3 is 2.65 bits per heavy atom. The van der Waals surface area contributed by atoms with Crippen LogP contribution in [0.2, 0.25) is 5.02 Å². The number of aromatic nitrogens is 2. The second-order valence-corrected chi connectivity index (χ2v) is 5.99. The molecule has 0 saturated carbocycles. The molecule has 120 valence electrons. The van der Waals surface area contributed by atoms with Crippen molar-refractivity contribution in [3.8, 4) is 17.6 Å². The highest BCUT2D eigenvalue weighted by atomic mass is 35.5. The number of rotatable bonds is 4. The molecule has 0 atom stereocenters. The van der Waals surface area contributed by atoms with Gasteiger partial charge in [0.15, 0.2) is 0 Å². The van der Waals surface area contributed by atoms with Crippen LogP contribution in [0, 0.1) is 11.8 Å². The van der Waals surface area contributed by atoms with Crippen LogP contribution in [0.1, 0.15) is 0 Å². The molecule has 7 heteroatoms. The van der Waals surface area contributed by atoms with Crippen molar-refractivity contribution in [1.82, 2.24) is 9.13 Å². The van der Waals surface area contributed by atoms with Crippen molar-refractivity contribution in [2.75, 3.05) is 12.4 Å². The molecule has 2 aromatic rings. The van der Waals surface area contributed by atoms with Gasteiger partial charge in [-0.3, -0.25) is 13.9 Å². The predicted octanol–water partition coefficient (Wildman–Crippen LogP) is 1.91. The van der Waals surface area contributed by atoms with E-state index >= 15 is 0 Å². The third kappa shape index (κ3) is 4.44. The van der Waals surface area contributed by atoms with Crippen molar-refractivity contribution < 1.29 is 4.74 Å². The molecule has 5 nitrogen and oxygen atoms in total. The van der Waals surface area contributed by atoms with Crippen molar-refractivity contribution in [3.63, 3.8) is 0 Å². The maximum absolute atomic E-state index is 11.8. The van der Waals surface area contributed by atoms with Gasteiger partial charge in [-0.15, -0.1) is 0 Å². The smallest absolute Gasteiger partial charge is 0.331 e. The molecule has 0 radical (unpaired) electrons. The third-order valence-electron chi connectivity index (χ3n) is 3.04. The van der Waals surface area contributed by atoms with Gasteiger partial charge in [-0.05, 0) is 12.1 Å². The standard InChI is InChI=1S/C16H15ClN2O3S/c1-18-14(20)11-15(19(2)16(18)21)23-10-6-5-9-22-13-8-4-3-7-12(13)17/h3-4,7-8,11H,9-10H2,1-2H3. The van der Waals surface area contributed by atoms with Gasteiger partial charge < -0.3 is 4.74 Å². The minimum absolute atomic E-state index is 0.222. The summed E-state index contributed by atoms with van der Waals surface area (Å²) >= 11 is 7.29. The number of hydrogen-bond acceptors (Lipinski definition) is 4. The Bertz CT molecular complexity index is 877. The topological polar surface area (TPSA) is 53.2 Å². The molecule has 0 aliphatic heterocycles. The SMILES string of the molecule is Cn1c(SCC#CCOc2ccccc2Cl)cc(=O)n(C)c1=O.